The Labute approximate surface area is 149 Å². The van der Waals surface area contributed by atoms with E-state index in [0.29, 0.717) is 28.3 Å². The van der Waals surface area contributed by atoms with E-state index in [1.165, 1.54) is 30.3 Å². The Hall–Kier alpha value is -3.61. The summed E-state index contributed by atoms with van der Waals surface area (Å²) < 4.78 is 5.07. The minimum atomic E-state index is -1.08. The Morgan fingerprint density at radius 2 is 2.00 bits per heavy atom. The molecule has 0 saturated carbocycles. The zero-order chi connectivity index (χ0) is 18.8. The Balaban J connectivity index is 1.95. The van der Waals surface area contributed by atoms with E-state index in [9.17, 15) is 14.7 Å². The number of carbonyl (C=O) groups excluding carboxylic acids is 1. The van der Waals surface area contributed by atoms with Crippen LogP contribution in [0.5, 0.6) is 11.5 Å². The number of methoxy groups -OCH3 is 1. The second-order valence-electron chi connectivity index (χ2n) is 5.65. The van der Waals surface area contributed by atoms with Gasteiger partial charge in [0, 0.05) is 0 Å². The number of phenolic OH excluding ortho intramolecular Hbond substituents is 1. The van der Waals surface area contributed by atoms with E-state index < -0.39 is 5.97 Å². The zero-order valence-corrected chi connectivity index (χ0v) is 14.1. The van der Waals surface area contributed by atoms with E-state index in [-0.39, 0.29) is 17.2 Å². The van der Waals surface area contributed by atoms with Crippen molar-refractivity contribution in [1.82, 2.24) is 0 Å². The monoisotopic (exact) mass is 352 g/mol. The normalized spacial score (nSPS) is 15.3. The molecule has 7 heteroatoms. The molecule has 3 rings (SSSR count). The van der Waals surface area contributed by atoms with E-state index in [4.69, 9.17) is 9.84 Å². The van der Waals surface area contributed by atoms with Crippen LogP contribution in [0.1, 0.15) is 22.8 Å². The van der Waals surface area contributed by atoms with Crippen molar-refractivity contribution in [2.75, 3.05) is 12.1 Å². The number of hydrazone groups is 1. The van der Waals surface area contributed by atoms with Crippen LogP contribution in [0.15, 0.2) is 53.1 Å². The molecule has 7 nitrogen and oxygen atoms in total. The highest BCUT2D eigenvalue weighted by Gasteiger charge is 2.29. The van der Waals surface area contributed by atoms with Crippen molar-refractivity contribution in [3.05, 3.63) is 59.2 Å². The summed E-state index contributed by atoms with van der Waals surface area (Å²) in [5.41, 5.74) is 1.99. The number of carboxylic acid groups (broad SMARTS) is 1. The smallest absolute Gasteiger partial charge is 0.335 e. The predicted octanol–water partition coefficient (Wildman–Crippen LogP) is 2.91. The lowest BCUT2D eigenvalue weighted by Gasteiger charge is -2.12. The summed E-state index contributed by atoms with van der Waals surface area (Å²) in [5, 5.41) is 24.2. The standard InChI is InChI=1S/C19H16N2O5/c1-11-15(8-12-6-7-16(22)17(9-12)26-2)18(23)21(20-11)14-5-3-4-13(10-14)19(24)25/h3-10,22H,1-2H3,(H,24,25)/b15-8-. The van der Waals surface area contributed by atoms with Gasteiger partial charge in [-0.3, -0.25) is 4.79 Å². The Morgan fingerprint density at radius 1 is 1.23 bits per heavy atom. The van der Waals surface area contributed by atoms with Gasteiger partial charge in [-0.15, -0.1) is 0 Å². The number of hydrogen-bond acceptors (Lipinski definition) is 5. The Kier molecular flexibility index (Phi) is 4.45. The van der Waals surface area contributed by atoms with Crippen molar-refractivity contribution in [2.24, 2.45) is 5.10 Å². The van der Waals surface area contributed by atoms with Crippen LogP contribution in [0.25, 0.3) is 6.08 Å². The molecule has 0 spiro atoms. The number of rotatable bonds is 4. The first-order chi connectivity index (χ1) is 12.4. The maximum atomic E-state index is 12.7. The van der Waals surface area contributed by atoms with Crippen molar-refractivity contribution < 1.29 is 24.5 Å². The summed E-state index contributed by atoms with van der Waals surface area (Å²) in [6.07, 6.45) is 1.64. The lowest BCUT2D eigenvalue weighted by molar-refractivity contribution is -0.114. The number of aromatic carboxylic acids is 1. The van der Waals surface area contributed by atoms with Gasteiger partial charge in [-0.1, -0.05) is 12.1 Å². The summed E-state index contributed by atoms with van der Waals surface area (Å²) >= 11 is 0. The predicted molar refractivity (Wildman–Crippen MR) is 96.6 cm³/mol. The molecule has 0 aromatic heterocycles. The molecule has 0 unspecified atom stereocenters. The molecule has 26 heavy (non-hydrogen) atoms. The molecule has 132 valence electrons. The highest BCUT2D eigenvalue weighted by atomic mass is 16.5. The van der Waals surface area contributed by atoms with E-state index in [0.717, 1.165) is 0 Å². The number of phenols is 1. The SMILES string of the molecule is COc1cc(/C=C2\C(=O)N(c3cccc(C(=O)O)c3)N=C2C)ccc1O. The molecule has 1 aliphatic rings. The average molecular weight is 352 g/mol. The summed E-state index contributed by atoms with van der Waals surface area (Å²) in [5.74, 6) is -1.14. The van der Waals surface area contributed by atoms with Gasteiger partial charge in [0.25, 0.3) is 5.91 Å². The Morgan fingerprint density at radius 3 is 2.69 bits per heavy atom. The van der Waals surface area contributed by atoms with Gasteiger partial charge in [-0.05, 0) is 48.9 Å². The molecular formula is C19H16N2O5. The Bertz CT molecular complexity index is 962. The van der Waals surface area contributed by atoms with Crippen LogP contribution in [0.4, 0.5) is 5.69 Å². The maximum Gasteiger partial charge on any atom is 0.335 e. The van der Waals surface area contributed by atoms with Gasteiger partial charge in [0.1, 0.15) is 0 Å². The van der Waals surface area contributed by atoms with Gasteiger partial charge in [-0.2, -0.15) is 10.1 Å². The van der Waals surface area contributed by atoms with Crippen molar-refractivity contribution in [3.63, 3.8) is 0 Å². The molecule has 0 bridgehead atoms. The van der Waals surface area contributed by atoms with E-state index in [2.05, 4.69) is 5.10 Å². The number of amides is 1. The minimum absolute atomic E-state index is 0.00454. The molecule has 2 N–H and O–H groups in total. The molecule has 2 aromatic carbocycles. The van der Waals surface area contributed by atoms with Crippen LogP contribution >= 0.6 is 0 Å². The van der Waals surface area contributed by atoms with Gasteiger partial charge < -0.3 is 14.9 Å². The van der Waals surface area contributed by atoms with Crippen LogP contribution in [-0.4, -0.2) is 34.9 Å². The number of carboxylic acids is 1. The molecule has 1 aliphatic heterocycles. The van der Waals surface area contributed by atoms with Crippen LogP contribution in [-0.2, 0) is 4.79 Å². The third-order valence-corrected chi connectivity index (χ3v) is 3.92. The van der Waals surface area contributed by atoms with E-state index in [1.54, 1.807) is 37.3 Å². The molecule has 0 fully saturated rings. The molecule has 1 heterocycles. The minimum Gasteiger partial charge on any atom is -0.504 e. The van der Waals surface area contributed by atoms with Crippen LogP contribution in [0.3, 0.4) is 0 Å². The first kappa shape index (κ1) is 17.2. The number of carbonyl (C=O) groups is 2. The third kappa shape index (κ3) is 3.14. The first-order valence-electron chi connectivity index (χ1n) is 7.73. The number of benzene rings is 2. The van der Waals surface area contributed by atoms with Crippen LogP contribution in [0.2, 0.25) is 0 Å². The topological polar surface area (TPSA) is 99.4 Å². The fourth-order valence-electron chi connectivity index (χ4n) is 2.58. The van der Waals surface area contributed by atoms with E-state index >= 15 is 0 Å². The highest BCUT2D eigenvalue weighted by Crippen LogP contribution is 2.29. The number of anilines is 1. The van der Waals surface area contributed by atoms with Crippen molar-refractivity contribution in [3.8, 4) is 11.5 Å². The summed E-state index contributed by atoms with van der Waals surface area (Å²) in [4.78, 5) is 23.9. The lowest BCUT2D eigenvalue weighted by atomic mass is 10.1. The number of hydrogen-bond donors (Lipinski definition) is 2. The second-order valence-corrected chi connectivity index (χ2v) is 5.65. The van der Waals surface area contributed by atoms with Crippen molar-refractivity contribution in [1.29, 1.82) is 0 Å². The number of nitrogens with zero attached hydrogens (tertiary/aromatic N) is 2. The molecule has 0 saturated heterocycles. The first-order valence-corrected chi connectivity index (χ1v) is 7.73. The molecule has 1 amide bonds. The van der Waals surface area contributed by atoms with Crippen LogP contribution in [0, 0.1) is 0 Å². The molecule has 0 atom stereocenters. The molecule has 0 aliphatic carbocycles. The lowest BCUT2D eigenvalue weighted by Crippen LogP contribution is -2.21. The van der Waals surface area contributed by atoms with Crippen LogP contribution < -0.4 is 9.75 Å². The molecular weight excluding hydrogens is 336 g/mol. The van der Waals surface area contributed by atoms with Crippen molar-refractivity contribution >= 4 is 29.4 Å². The number of aromatic hydroxyl groups is 1. The zero-order valence-electron chi connectivity index (χ0n) is 14.1. The largest absolute Gasteiger partial charge is 0.504 e. The van der Waals surface area contributed by atoms with Gasteiger partial charge in [-0.25, -0.2) is 4.79 Å². The number of ether oxygens (including phenoxy) is 1. The van der Waals surface area contributed by atoms with Gasteiger partial charge in [0.05, 0.1) is 29.6 Å². The fraction of sp³-hybridized carbons (Fsp3) is 0.105. The summed E-state index contributed by atoms with van der Waals surface area (Å²) in [6, 6.07) is 10.8. The van der Waals surface area contributed by atoms with E-state index in [1.807, 2.05) is 0 Å². The van der Waals surface area contributed by atoms with Gasteiger partial charge in [0.2, 0.25) is 0 Å². The van der Waals surface area contributed by atoms with Gasteiger partial charge in [0.15, 0.2) is 11.5 Å². The quantitative estimate of drug-likeness (QED) is 0.824. The highest BCUT2D eigenvalue weighted by molar-refractivity contribution is 6.32. The molecule has 0 radical (unpaired) electrons. The van der Waals surface area contributed by atoms with Crippen molar-refractivity contribution in [2.45, 2.75) is 6.92 Å². The average Bonchev–Trinajstić information content (AvgIpc) is 2.91. The summed E-state index contributed by atoms with van der Waals surface area (Å²) in [7, 11) is 1.44. The summed E-state index contributed by atoms with van der Waals surface area (Å²) in [6.45, 7) is 1.70. The van der Waals surface area contributed by atoms with Gasteiger partial charge >= 0.3 is 5.97 Å². The second kappa shape index (κ2) is 6.72. The fourth-order valence-corrected chi connectivity index (χ4v) is 2.58. The maximum absolute atomic E-state index is 12.7. The molecule has 2 aromatic rings. The third-order valence-electron chi connectivity index (χ3n) is 3.92.